The van der Waals surface area contributed by atoms with Gasteiger partial charge in [0.25, 0.3) is 0 Å². The summed E-state index contributed by atoms with van der Waals surface area (Å²) in [5.74, 6) is 0.310. The summed E-state index contributed by atoms with van der Waals surface area (Å²) in [4.78, 5) is 25.2. The molecule has 2 N–H and O–H groups in total. The smallest absolute Gasteiger partial charge is 0.239 e. The standard InChI is InChI=1S/C21H26N2O4/c1-21(2,19(24)22-13-12-15-8-6-5-7-9-15)20(25)23-17-14-16(26-3)10-11-18(17)27-4/h5-11,14H,12-13H2,1-4H3,(H,22,24)(H,23,25). The van der Waals surface area contributed by atoms with Gasteiger partial charge in [-0.15, -0.1) is 0 Å². The van der Waals surface area contributed by atoms with Crippen molar-refractivity contribution in [1.82, 2.24) is 5.32 Å². The van der Waals surface area contributed by atoms with E-state index in [9.17, 15) is 9.59 Å². The molecule has 2 rings (SSSR count). The number of benzene rings is 2. The van der Waals surface area contributed by atoms with E-state index in [-0.39, 0.29) is 5.91 Å². The number of anilines is 1. The highest BCUT2D eigenvalue weighted by molar-refractivity contribution is 6.10. The minimum absolute atomic E-state index is 0.335. The Labute approximate surface area is 159 Å². The second kappa shape index (κ2) is 9.07. The summed E-state index contributed by atoms with van der Waals surface area (Å²) in [7, 11) is 3.05. The highest BCUT2D eigenvalue weighted by Gasteiger charge is 2.36. The third-order valence-electron chi connectivity index (χ3n) is 4.33. The number of carbonyl (C=O) groups is 2. The number of amides is 2. The second-order valence-corrected chi connectivity index (χ2v) is 6.64. The van der Waals surface area contributed by atoms with Crippen molar-refractivity contribution in [2.75, 3.05) is 26.1 Å². The van der Waals surface area contributed by atoms with Gasteiger partial charge < -0.3 is 20.1 Å². The van der Waals surface area contributed by atoms with E-state index in [1.165, 1.54) is 14.2 Å². The minimum atomic E-state index is -1.25. The molecule has 0 saturated heterocycles. The maximum atomic E-state index is 12.7. The fourth-order valence-corrected chi connectivity index (χ4v) is 2.48. The summed E-state index contributed by atoms with van der Waals surface area (Å²) < 4.78 is 10.4. The van der Waals surface area contributed by atoms with Crippen LogP contribution in [-0.2, 0) is 16.0 Å². The van der Waals surface area contributed by atoms with E-state index in [0.29, 0.717) is 30.2 Å². The molecular weight excluding hydrogens is 344 g/mol. The molecule has 144 valence electrons. The Kier molecular flexibility index (Phi) is 6.82. The van der Waals surface area contributed by atoms with E-state index >= 15 is 0 Å². The third-order valence-corrected chi connectivity index (χ3v) is 4.33. The van der Waals surface area contributed by atoms with Crippen LogP contribution in [0.1, 0.15) is 19.4 Å². The third kappa shape index (κ3) is 5.23. The van der Waals surface area contributed by atoms with Gasteiger partial charge in [0, 0.05) is 12.6 Å². The van der Waals surface area contributed by atoms with Gasteiger partial charge in [-0.1, -0.05) is 30.3 Å². The van der Waals surface area contributed by atoms with Crippen LogP contribution in [0.4, 0.5) is 5.69 Å². The number of ether oxygens (including phenoxy) is 2. The van der Waals surface area contributed by atoms with Crippen LogP contribution in [0.15, 0.2) is 48.5 Å². The van der Waals surface area contributed by atoms with E-state index in [4.69, 9.17) is 9.47 Å². The summed E-state index contributed by atoms with van der Waals surface area (Å²) in [6.07, 6.45) is 0.702. The van der Waals surface area contributed by atoms with Crippen molar-refractivity contribution in [3.05, 3.63) is 54.1 Å². The van der Waals surface area contributed by atoms with Crippen LogP contribution in [-0.4, -0.2) is 32.6 Å². The van der Waals surface area contributed by atoms with Crippen molar-refractivity contribution >= 4 is 17.5 Å². The summed E-state index contributed by atoms with van der Waals surface area (Å²) in [6.45, 7) is 3.64. The highest BCUT2D eigenvalue weighted by atomic mass is 16.5. The molecule has 2 amide bonds. The average Bonchev–Trinajstić information content (AvgIpc) is 2.68. The van der Waals surface area contributed by atoms with E-state index < -0.39 is 11.3 Å². The lowest BCUT2D eigenvalue weighted by molar-refractivity contribution is -0.138. The zero-order chi connectivity index (χ0) is 19.9. The van der Waals surface area contributed by atoms with Crippen LogP contribution in [0.25, 0.3) is 0 Å². The van der Waals surface area contributed by atoms with E-state index in [2.05, 4.69) is 10.6 Å². The molecule has 2 aromatic carbocycles. The molecule has 0 aliphatic heterocycles. The number of carbonyl (C=O) groups excluding carboxylic acids is 2. The Bertz CT molecular complexity index is 788. The van der Waals surface area contributed by atoms with Gasteiger partial charge in [-0.25, -0.2) is 0 Å². The molecule has 2 aromatic rings. The van der Waals surface area contributed by atoms with Crippen molar-refractivity contribution in [2.45, 2.75) is 20.3 Å². The van der Waals surface area contributed by atoms with Crippen molar-refractivity contribution in [2.24, 2.45) is 5.41 Å². The summed E-state index contributed by atoms with van der Waals surface area (Å²) in [6, 6.07) is 14.9. The molecule has 0 fully saturated rings. The van der Waals surface area contributed by atoms with Crippen LogP contribution in [0, 0.1) is 5.41 Å². The number of methoxy groups -OCH3 is 2. The molecule has 27 heavy (non-hydrogen) atoms. The Morgan fingerprint density at radius 2 is 1.67 bits per heavy atom. The SMILES string of the molecule is COc1ccc(OC)c(NC(=O)C(C)(C)C(=O)NCCc2ccccc2)c1. The Morgan fingerprint density at radius 1 is 0.963 bits per heavy atom. The average molecular weight is 370 g/mol. The fraction of sp³-hybridized carbons (Fsp3) is 0.333. The quantitative estimate of drug-likeness (QED) is 0.701. The Morgan fingerprint density at radius 3 is 2.30 bits per heavy atom. The highest BCUT2D eigenvalue weighted by Crippen LogP contribution is 2.30. The maximum Gasteiger partial charge on any atom is 0.239 e. The first kappa shape index (κ1) is 20.3. The number of rotatable bonds is 8. The number of nitrogens with one attached hydrogen (secondary N) is 2. The first-order valence-corrected chi connectivity index (χ1v) is 8.74. The summed E-state index contributed by atoms with van der Waals surface area (Å²) in [5.41, 5.74) is 0.332. The van der Waals surface area contributed by atoms with Gasteiger partial charge >= 0.3 is 0 Å². The molecule has 0 atom stereocenters. The minimum Gasteiger partial charge on any atom is -0.497 e. The lowest BCUT2D eigenvalue weighted by atomic mass is 9.90. The normalized spacial score (nSPS) is 10.8. The Hall–Kier alpha value is -3.02. The summed E-state index contributed by atoms with van der Waals surface area (Å²) >= 11 is 0. The van der Waals surface area contributed by atoms with Gasteiger partial charge in [0.15, 0.2) is 0 Å². The lowest BCUT2D eigenvalue weighted by Gasteiger charge is -2.23. The Balaban J connectivity index is 2.00. The number of hydrogen-bond donors (Lipinski definition) is 2. The van der Waals surface area contributed by atoms with Crippen LogP contribution < -0.4 is 20.1 Å². The zero-order valence-electron chi connectivity index (χ0n) is 16.2. The second-order valence-electron chi connectivity index (χ2n) is 6.64. The molecule has 0 aromatic heterocycles. The van der Waals surface area contributed by atoms with Crippen molar-refractivity contribution in [3.63, 3.8) is 0 Å². The molecule has 0 heterocycles. The van der Waals surface area contributed by atoms with Crippen molar-refractivity contribution in [1.29, 1.82) is 0 Å². The monoisotopic (exact) mass is 370 g/mol. The lowest BCUT2D eigenvalue weighted by Crippen LogP contribution is -2.45. The van der Waals surface area contributed by atoms with Crippen molar-refractivity contribution < 1.29 is 19.1 Å². The molecule has 0 bridgehead atoms. The first-order chi connectivity index (χ1) is 12.9. The van der Waals surface area contributed by atoms with Gasteiger partial charge in [-0.2, -0.15) is 0 Å². The van der Waals surface area contributed by atoms with E-state index in [1.807, 2.05) is 30.3 Å². The fourth-order valence-electron chi connectivity index (χ4n) is 2.48. The van der Waals surface area contributed by atoms with Gasteiger partial charge in [-0.05, 0) is 38.0 Å². The molecule has 0 aliphatic rings. The molecule has 0 unspecified atom stereocenters. The van der Waals surface area contributed by atoms with E-state index in [0.717, 1.165) is 5.56 Å². The van der Waals surface area contributed by atoms with Crippen LogP contribution in [0.5, 0.6) is 11.5 Å². The summed E-state index contributed by atoms with van der Waals surface area (Å²) in [5, 5.41) is 5.59. The van der Waals surface area contributed by atoms with Gasteiger partial charge in [0.1, 0.15) is 16.9 Å². The molecule has 0 saturated carbocycles. The largest absolute Gasteiger partial charge is 0.497 e. The molecule has 0 radical (unpaired) electrons. The predicted octanol–water partition coefficient (Wildman–Crippen LogP) is 3.03. The molecule has 6 heteroatoms. The van der Waals surface area contributed by atoms with Crippen LogP contribution in [0.3, 0.4) is 0 Å². The van der Waals surface area contributed by atoms with Crippen LogP contribution in [0.2, 0.25) is 0 Å². The van der Waals surface area contributed by atoms with E-state index in [1.54, 1.807) is 32.0 Å². The molecular formula is C21H26N2O4. The predicted molar refractivity (Wildman–Crippen MR) is 105 cm³/mol. The number of hydrogen-bond acceptors (Lipinski definition) is 4. The van der Waals surface area contributed by atoms with Gasteiger partial charge in [0.05, 0.1) is 19.9 Å². The topological polar surface area (TPSA) is 76.7 Å². The van der Waals surface area contributed by atoms with Gasteiger partial charge in [-0.3, -0.25) is 9.59 Å². The zero-order valence-corrected chi connectivity index (χ0v) is 16.2. The van der Waals surface area contributed by atoms with Crippen molar-refractivity contribution in [3.8, 4) is 11.5 Å². The van der Waals surface area contributed by atoms with Gasteiger partial charge in [0.2, 0.25) is 11.8 Å². The molecule has 0 aliphatic carbocycles. The first-order valence-electron chi connectivity index (χ1n) is 8.74. The van der Waals surface area contributed by atoms with Crippen LogP contribution >= 0.6 is 0 Å². The molecule has 0 spiro atoms. The molecule has 6 nitrogen and oxygen atoms in total. The maximum absolute atomic E-state index is 12.7.